The minimum absolute atomic E-state index is 0.0147. The van der Waals surface area contributed by atoms with Crippen LogP contribution in [0.25, 0.3) is 33.4 Å². The summed E-state index contributed by atoms with van der Waals surface area (Å²) >= 11 is 0. The van der Waals surface area contributed by atoms with Gasteiger partial charge in [-0.3, -0.25) is 24.0 Å². The lowest BCUT2D eigenvalue weighted by Crippen LogP contribution is -2.59. The van der Waals surface area contributed by atoms with Gasteiger partial charge in [-0.25, -0.2) is 24.1 Å². The largest absolute Gasteiger partial charge is 0.460 e. The van der Waals surface area contributed by atoms with Crippen molar-refractivity contribution in [2.24, 2.45) is 35.5 Å². The molecule has 34 nitrogen and oxygen atoms in total. The molecule has 688 valence electrons. The number of nitrogens with two attached hydrogens (primary N) is 2. The van der Waals surface area contributed by atoms with Crippen molar-refractivity contribution in [3.05, 3.63) is 84.0 Å². The molecule has 15 atom stereocenters. The molecule has 2 bridgehead atoms. The van der Waals surface area contributed by atoms with Crippen LogP contribution in [0.2, 0.25) is 0 Å². The summed E-state index contributed by atoms with van der Waals surface area (Å²) in [5.41, 5.74) is 15.7. The van der Waals surface area contributed by atoms with Gasteiger partial charge in [-0.1, -0.05) is 76.3 Å². The average molecular weight is 1740 g/mol. The van der Waals surface area contributed by atoms with Crippen LogP contribution in [-0.2, 0) is 115 Å². The number of nitrogens with zero attached hydrogens (tertiary/aromatic N) is 9. The van der Waals surface area contributed by atoms with E-state index in [1.54, 1.807) is 56.5 Å². The molecule has 0 spiro atoms. The SMILES string of the molecule is CO[C@H]1C[C@@H]2CC[C@@H](C)[C@@](C)(O2)C(=O)C(=O)N2CCCC[C@H]2C(=O)O[C@H]([C@H](C)C[C@@H]2CC[C@@H](OCCOCc3cn(CCOCCOCCOCCOCCOCCOCCOCCNC(=O)CCCCn4nc(-c5ccc6oc(N)nc6c5)c5c(N)ncnc54)nn3)[C@H](OC)C2)CC(=O)[C@H](C)/C=C(\C)[C@@H](O)[C@@H](OC)C(=O)[C@H](C)C[C@H](C)/C=C/C=C/C=C/1C. The summed E-state index contributed by atoms with van der Waals surface area (Å²) in [7, 11) is 4.70. The van der Waals surface area contributed by atoms with Crippen LogP contribution >= 0.6 is 0 Å². The molecule has 9 rings (SSSR count). The third-order valence-electron chi connectivity index (χ3n) is 23.8. The quantitative estimate of drug-likeness (QED) is 0.0122. The Bertz CT molecular complexity index is 4260. The summed E-state index contributed by atoms with van der Waals surface area (Å²) in [6.07, 6.45) is 18.0. The second-order valence-electron chi connectivity index (χ2n) is 33.2. The van der Waals surface area contributed by atoms with E-state index in [-0.39, 0.29) is 91.5 Å². The zero-order valence-electron chi connectivity index (χ0n) is 74.6. The number of methoxy groups -OCH3 is 3. The molecule has 0 unspecified atom stereocenters. The summed E-state index contributed by atoms with van der Waals surface area (Å²) in [5.74, 6) is -4.17. The molecule has 6 N–H and O–H groups in total. The number of carbonyl (C=O) groups excluding carboxylic acids is 6. The zero-order valence-corrected chi connectivity index (χ0v) is 74.6. The third kappa shape index (κ3) is 30.5. The number of ether oxygens (including phenoxy) is 14. The van der Waals surface area contributed by atoms with E-state index < -0.39 is 65.6 Å². The van der Waals surface area contributed by atoms with E-state index in [0.29, 0.717) is 247 Å². The fraction of sp³-hybridized carbons (Fsp3) is 0.689. The highest BCUT2D eigenvalue weighted by molar-refractivity contribution is 6.39. The Kier molecular flexibility index (Phi) is 41.9. The normalized spacial score (nSPS) is 26.9. The second-order valence-corrected chi connectivity index (χ2v) is 33.2. The van der Waals surface area contributed by atoms with Gasteiger partial charge in [-0.05, 0) is 151 Å². The Morgan fingerprint density at radius 1 is 0.734 bits per heavy atom. The average Bonchev–Trinajstić information content (AvgIpc) is 1.71. The number of Topliss-reactive ketones (excluding diaryl/α,β-unsaturated/α-hetero) is 3. The number of aromatic nitrogens is 8. The first kappa shape index (κ1) is 99.6. The van der Waals surface area contributed by atoms with Gasteiger partial charge in [0.15, 0.2) is 17.0 Å². The van der Waals surface area contributed by atoms with Crippen molar-refractivity contribution in [3.8, 4) is 11.3 Å². The number of nitrogen functional groups attached to an aromatic ring is 2. The molecule has 2 amide bonds. The molecule has 5 aromatic rings. The molecule has 4 aromatic heterocycles. The van der Waals surface area contributed by atoms with E-state index in [1.807, 2.05) is 83.3 Å². The fourth-order valence-electron chi connectivity index (χ4n) is 16.4. The molecule has 1 aliphatic carbocycles. The number of amides is 2. The molecular weight excluding hydrogens is 1600 g/mol. The summed E-state index contributed by atoms with van der Waals surface area (Å²) in [6, 6.07) is 4.49. The van der Waals surface area contributed by atoms with Crippen LogP contribution in [0, 0.1) is 35.5 Å². The Morgan fingerprint density at radius 3 is 2.12 bits per heavy atom. The van der Waals surface area contributed by atoms with Crippen LogP contribution in [-0.4, -0.2) is 279 Å². The molecule has 0 radical (unpaired) electrons. The molecule has 3 fully saturated rings. The maximum absolute atomic E-state index is 14.8. The van der Waals surface area contributed by atoms with E-state index in [9.17, 15) is 33.9 Å². The summed E-state index contributed by atoms with van der Waals surface area (Å²) in [4.78, 5) is 99.5. The van der Waals surface area contributed by atoms with Crippen molar-refractivity contribution in [1.29, 1.82) is 0 Å². The number of piperidine rings is 1. The van der Waals surface area contributed by atoms with Gasteiger partial charge in [0.25, 0.3) is 17.7 Å². The van der Waals surface area contributed by atoms with Gasteiger partial charge >= 0.3 is 5.97 Å². The Morgan fingerprint density at radius 2 is 1.43 bits per heavy atom. The fourth-order valence-corrected chi connectivity index (χ4v) is 16.4. The summed E-state index contributed by atoms with van der Waals surface area (Å²) in [6.45, 7) is 23.0. The lowest BCUT2D eigenvalue weighted by atomic mass is 9.78. The number of hydrogen-bond donors (Lipinski definition) is 4. The number of anilines is 2. The maximum Gasteiger partial charge on any atom is 0.329 e. The van der Waals surface area contributed by atoms with Crippen molar-refractivity contribution in [1.82, 2.24) is 49.9 Å². The van der Waals surface area contributed by atoms with Gasteiger partial charge in [0, 0.05) is 77.6 Å². The van der Waals surface area contributed by atoms with Crippen molar-refractivity contribution >= 4 is 69.1 Å². The van der Waals surface area contributed by atoms with Crippen LogP contribution in [0.5, 0.6) is 0 Å². The number of aliphatic hydroxyl groups excluding tert-OH is 1. The topological polar surface area (TPSA) is 420 Å². The molecule has 124 heavy (non-hydrogen) atoms. The number of nitrogens with one attached hydrogen (secondary N) is 1. The molecule has 1 aromatic carbocycles. The number of ketones is 3. The molecular formula is C90H136N12O22. The van der Waals surface area contributed by atoms with Gasteiger partial charge in [0.1, 0.15) is 64.8 Å². The number of benzene rings is 1. The third-order valence-corrected chi connectivity index (χ3v) is 23.8. The van der Waals surface area contributed by atoms with E-state index in [2.05, 4.69) is 30.6 Å². The van der Waals surface area contributed by atoms with Gasteiger partial charge in [0.05, 0.1) is 155 Å². The molecule has 4 aliphatic rings. The monoisotopic (exact) mass is 1740 g/mol. The van der Waals surface area contributed by atoms with E-state index in [1.165, 1.54) is 18.3 Å². The number of carbonyl (C=O) groups is 6. The number of fused-ring (bicyclic) bond motifs is 5. The maximum atomic E-state index is 14.8. The second kappa shape index (κ2) is 52.2. The first-order valence-electron chi connectivity index (χ1n) is 44.2. The molecule has 1 saturated carbocycles. The summed E-state index contributed by atoms with van der Waals surface area (Å²) in [5, 5.41) is 28.5. The number of esters is 1. The first-order chi connectivity index (χ1) is 59.9. The van der Waals surface area contributed by atoms with E-state index >= 15 is 0 Å². The van der Waals surface area contributed by atoms with Gasteiger partial charge in [-0.2, -0.15) is 10.1 Å². The standard InChI is InChI=1S/C90H136N12O22/c1-59-19-13-12-14-20-60(2)75(110-9)54-69-26-23-65(7)90(8,124-69)84(107)87(108)101-30-17-15-21-71(101)88(109)122-76(55-72(103)61(3)50-64(6)82(106)83(112-11)81(105)63(5)49-59)62(4)51-66-24-27-74(77(52-66)111-10)121-48-47-120-57-68-56-100(99-97-68)32-34-114-36-38-116-40-42-118-44-46-119-45-43-117-41-39-115-37-35-113-33-29-93-78(104)22-16-18-31-102-86-79(85(91)94-58-95-86)80(98-102)67-25-28-73-70(53-67)96-89(92)123-73/h12-14,19-20,25,28,50,53,56,58-59,61-63,65-66,69,71,74-77,82-83,106H,15-18,21-24,26-27,29-49,51-52,54-55,57H2,1-11H3,(H2,92,96)(H,93,104)(H2,91,94,95)/b14-12+,19-13+,60-20+,64-50+/t59-,61-,62-,63-,65-,66+,69+,71+,74-,75+,76+,77-,82-,83+,90-/m1/s1. The van der Waals surface area contributed by atoms with Crippen molar-refractivity contribution < 1.29 is 105 Å². The number of cyclic esters (lactones) is 1. The molecule has 7 heterocycles. The Labute approximate surface area is 728 Å². The van der Waals surface area contributed by atoms with Gasteiger partial charge in [0.2, 0.25) is 5.91 Å². The molecule has 2 saturated heterocycles. The van der Waals surface area contributed by atoms with Crippen LogP contribution in [0.1, 0.15) is 157 Å². The minimum Gasteiger partial charge on any atom is -0.460 e. The van der Waals surface area contributed by atoms with Gasteiger partial charge < -0.3 is 97.5 Å². The molecule has 3 aliphatic heterocycles. The number of hydrogen-bond acceptors (Lipinski definition) is 30. The van der Waals surface area contributed by atoms with Crippen molar-refractivity contribution in [2.45, 2.75) is 226 Å². The van der Waals surface area contributed by atoms with Crippen molar-refractivity contribution in [3.63, 3.8) is 0 Å². The van der Waals surface area contributed by atoms with Crippen LogP contribution in [0.15, 0.2) is 82.7 Å². The highest BCUT2D eigenvalue weighted by Gasteiger charge is 2.51. The number of aryl methyl sites for hydroxylation is 1. The van der Waals surface area contributed by atoms with Gasteiger partial charge in [-0.15, -0.1) is 5.10 Å². The zero-order chi connectivity index (χ0) is 88.9. The van der Waals surface area contributed by atoms with Crippen LogP contribution in [0.3, 0.4) is 0 Å². The number of oxazole rings is 1. The highest BCUT2D eigenvalue weighted by Crippen LogP contribution is 2.40. The van der Waals surface area contributed by atoms with Crippen LogP contribution in [0.4, 0.5) is 11.8 Å². The van der Waals surface area contributed by atoms with E-state index in [0.717, 1.165) is 17.6 Å². The minimum atomic E-state index is -1.47. The smallest absolute Gasteiger partial charge is 0.329 e. The van der Waals surface area contributed by atoms with Crippen LogP contribution < -0.4 is 16.8 Å². The highest BCUT2D eigenvalue weighted by atomic mass is 16.6. The lowest BCUT2D eigenvalue weighted by Gasteiger charge is -2.44. The number of allylic oxidation sites excluding steroid dienone is 6. The predicted molar refractivity (Wildman–Crippen MR) is 462 cm³/mol. The Balaban J connectivity index is 0.601. The number of rotatable bonds is 42. The number of aliphatic hydroxyl groups is 1. The number of unbranched alkanes of at least 4 members (excludes halogenated alkanes) is 1. The Hall–Kier alpha value is -8.20. The first-order valence-corrected chi connectivity index (χ1v) is 44.2. The lowest BCUT2D eigenvalue weighted by molar-refractivity contribution is -0.184. The van der Waals surface area contributed by atoms with Crippen molar-refractivity contribution in [2.75, 3.05) is 152 Å². The summed E-state index contributed by atoms with van der Waals surface area (Å²) < 4.78 is 91.5. The van der Waals surface area contributed by atoms with E-state index in [4.69, 9.17) is 87.3 Å². The predicted octanol–water partition coefficient (Wildman–Crippen LogP) is 9.30. The molecule has 34 heteroatoms.